The molecule has 0 bridgehead atoms. The summed E-state index contributed by atoms with van der Waals surface area (Å²) >= 11 is 0. The molecular formula is C25H14O3. The molecule has 1 N–H and O–H groups in total. The molecule has 3 nitrogen and oxygen atoms in total. The molecule has 0 aliphatic rings. The van der Waals surface area contributed by atoms with Gasteiger partial charge in [-0.05, 0) is 50.5 Å². The maximum atomic E-state index is 12.7. The minimum absolute atomic E-state index is 0.210. The fourth-order valence-corrected chi connectivity index (χ4v) is 4.25. The third-order valence-electron chi connectivity index (χ3n) is 5.55. The molecule has 0 atom stereocenters. The van der Waals surface area contributed by atoms with Gasteiger partial charge in [-0.1, -0.05) is 60.7 Å². The lowest BCUT2D eigenvalue weighted by molar-refractivity contribution is 0.449. The standard InChI is InChI=1S/C25H14O3/c26-23-19-6-1-2-7-20(19)28-25(24(23)27)18-13-11-16-9-8-14-4-3-5-15-10-12-17(18)22(16)21(14)15/h1-13,27H. The Morgan fingerprint density at radius 2 is 1.32 bits per heavy atom. The van der Waals surface area contributed by atoms with Crippen molar-refractivity contribution in [2.75, 3.05) is 0 Å². The van der Waals surface area contributed by atoms with Crippen LogP contribution in [-0.4, -0.2) is 5.11 Å². The van der Waals surface area contributed by atoms with E-state index in [1.165, 1.54) is 5.39 Å². The largest absolute Gasteiger partial charge is 0.502 e. The maximum absolute atomic E-state index is 12.7. The van der Waals surface area contributed by atoms with Crippen LogP contribution in [0.2, 0.25) is 0 Å². The van der Waals surface area contributed by atoms with E-state index in [-0.39, 0.29) is 11.5 Å². The Labute approximate surface area is 159 Å². The van der Waals surface area contributed by atoms with Crippen molar-refractivity contribution in [3.8, 4) is 17.1 Å². The Morgan fingerprint density at radius 1 is 0.643 bits per heavy atom. The van der Waals surface area contributed by atoms with E-state index in [0.717, 1.165) is 26.9 Å². The summed E-state index contributed by atoms with van der Waals surface area (Å²) in [6.45, 7) is 0. The quantitative estimate of drug-likeness (QED) is 0.362. The zero-order chi connectivity index (χ0) is 18.8. The van der Waals surface area contributed by atoms with Gasteiger partial charge < -0.3 is 9.52 Å². The smallest absolute Gasteiger partial charge is 0.235 e. The Balaban J connectivity index is 1.80. The molecular weight excluding hydrogens is 348 g/mol. The van der Waals surface area contributed by atoms with Gasteiger partial charge in [-0.25, -0.2) is 0 Å². The predicted octanol–water partition coefficient (Wildman–Crippen LogP) is 6.06. The second-order valence-corrected chi connectivity index (χ2v) is 7.07. The van der Waals surface area contributed by atoms with Crippen LogP contribution in [0.25, 0.3) is 54.6 Å². The molecule has 6 rings (SSSR count). The predicted molar refractivity (Wildman–Crippen MR) is 113 cm³/mol. The monoisotopic (exact) mass is 362 g/mol. The molecule has 0 unspecified atom stereocenters. The summed E-state index contributed by atoms with van der Waals surface area (Å²) < 4.78 is 6.00. The van der Waals surface area contributed by atoms with Crippen LogP contribution in [0.4, 0.5) is 0 Å². The number of aromatic hydroxyl groups is 1. The molecule has 0 fully saturated rings. The molecule has 132 valence electrons. The van der Waals surface area contributed by atoms with Gasteiger partial charge in [-0.3, -0.25) is 4.79 Å². The lowest BCUT2D eigenvalue weighted by Gasteiger charge is -2.14. The number of benzene rings is 5. The second-order valence-electron chi connectivity index (χ2n) is 7.07. The number of hydrogen-bond acceptors (Lipinski definition) is 3. The molecule has 28 heavy (non-hydrogen) atoms. The van der Waals surface area contributed by atoms with Gasteiger partial charge in [0.2, 0.25) is 11.2 Å². The Kier molecular flexibility index (Phi) is 2.90. The van der Waals surface area contributed by atoms with Gasteiger partial charge in [-0.15, -0.1) is 0 Å². The first-order valence-electron chi connectivity index (χ1n) is 9.14. The summed E-state index contributed by atoms with van der Waals surface area (Å²) in [5.74, 6) is -0.143. The van der Waals surface area contributed by atoms with Crippen LogP contribution in [0.5, 0.6) is 5.75 Å². The maximum Gasteiger partial charge on any atom is 0.235 e. The van der Waals surface area contributed by atoms with E-state index in [0.29, 0.717) is 16.5 Å². The van der Waals surface area contributed by atoms with Crippen LogP contribution < -0.4 is 5.43 Å². The summed E-state index contributed by atoms with van der Waals surface area (Å²) in [5, 5.41) is 17.7. The molecule has 0 saturated carbocycles. The SMILES string of the molecule is O=c1c(O)c(-c2ccc3ccc4cccc5ccc2c3c45)oc2ccccc12. The van der Waals surface area contributed by atoms with Gasteiger partial charge in [0.1, 0.15) is 5.58 Å². The highest BCUT2D eigenvalue weighted by molar-refractivity contribution is 6.25. The van der Waals surface area contributed by atoms with Gasteiger partial charge in [0.15, 0.2) is 5.76 Å². The highest BCUT2D eigenvalue weighted by Crippen LogP contribution is 2.41. The molecule has 0 aliphatic carbocycles. The number of para-hydroxylation sites is 1. The number of hydrogen-bond donors (Lipinski definition) is 1. The summed E-state index contributed by atoms with van der Waals surface area (Å²) in [6, 6.07) is 25.5. The second kappa shape index (κ2) is 5.33. The van der Waals surface area contributed by atoms with E-state index < -0.39 is 5.43 Å². The van der Waals surface area contributed by atoms with Crippen LogP contribution in [0.1, 0.15) is 0 Å². The zero-order valence-electron chi connectivity index (χ0n) is 14.8. The van der Waals surface area contributed by atoms with Crippen molar-refractivity contribution in [3.63, 3.8) is 0 Å². The van der Waals surface area contributed by atoms with Crippen molar-refractivity contribution < 1.29 is 9.52 Å². The molecule has 6 aromatic rings. The number of rotatable bonds is 1. The van der Waals surface area contributed by atoms with Crippen LogP contribution in [-0.2, 0) is 0 Å². The number of fused-ring (bicyclic) bond motifs is 1. The van der Waals surface area contributed by atoms with Crippen molar-refractivity contribution in [3.05, 3.63) is 89.1 Å². The third kappa shape index (κ3) is 1.90. The normalized spacial score (nSPS) is 11.9. The van der Waals surface area contributed by atoms with Gasteiger partial charge in [-0.2, -0.15) is 0 Å². The lowest BCUT2D eigenvalue weighted by Crippen LogP contribution is -2.02. The van der Waals surface area contributed by atoms with E-state index in [9.17, 15) is 9.90 Å². The van der Waals surface area contributed by atoms with Crippen molar-refractivity contribution in [2.45, 2.75) is 0 Å². The first-order chi connectivity index (χ1) is 13.7. The average molecular weight is 362 g/mol. The van der Waals surface area contributed by atoms with E-state index in [2.05, 4.69) is 36.4 Å². The zero-order valence-corrected chi connectivity index (χ0v) is 14.8. The van der Waals surface area contributed by atoms with Crippen LogP contribution in [0.15, 0.2) is 88.1 Å². The first kappa shape index (κ1) is 15.2. The summed E-state index contributed by atoms with van der Waals surface area (Å²) in [5.41, 5.74) is 0.764. The van der Waals surface area contributed by atoms with Crippen LogP contribution in [0, 0.1) is 0 Å². The van der Waals surface area contributed by atoms with Crippen molar-refractivity contribution >= 4 is 43.3 Å². The molecule has 0 radical (unpaired) electrons. The Morgan fingerprint density at radius 3 is 2.14 bits per heavy atom. The van der Waals surface area contributed by atoms with Gasteiger partial charge >= 0.3 is 0 Å². The molecule has 1 aromatic heterocycles. The third-order valence-corrected chi connectivity index (χ3v) is 5.55. The van der Waals surface area contributed by atoms with Crippen molar-refractivity contribution in [1.82, 2.24) is 0 Å². The van der Waals surface area contributed by atoms with E-state index in [1.807, 2.05) is 24.3 Å². The van der Waals surface area contributed by atoms with Gasteiger partial charge in [0.05, 0.1) is 5.39 Å². The minimum Gasteiger partial charge on any atom is -0.502 e. The van der Waals surface area contributed by atoms with E-state index in [4.69, 9.17) is 4.42 Å². The molecule has 0 saturated heterocycles. The van der Waals surface area contributed by atoms with Gasteiger partial charge in [0.25, 0.3) is 0 Å². The van der Waals surface area contributed by atoms with Gasteiger partial charge in [0, 0.05) is 5.56 Å². The molecule has 3 heteroatoms. The van der Waals surface area contributed by atoms with Crippen molar-refractivity contribution in [2.24, 2.45) is 0 Å². The summed E-state index contributed by atoms with van der Waals surface area (Å²) in [6.07, 6.45) is 0. The van der Waals surface area contributed by atoms with Crippen LogP contribution >= 0.6 is 0 Å². The molecule has 5 aromatic carbocycles. The highest BCUT2D eigenvalue weighted by Gasteiger charge is 2.19. The highest BCUT2D eigenvalue weighted by atomic mass is 16.4. The summed E-state index contributed by atoms with van der Waals surface area (Å²) in [7, 11) is 0. The molecule has 0 aliphatic heterocycles. The minimum atomic E-state index is -0.414. The molecule has 0 spiro atoms. The lowest BCUT2D eigenvalue weighted by atomic mass is 9.91. The summed E-state index contributed by atoms with van der Waals surface area (Å²) in [4.78, 5) is 12.7. The Bertz CT molecular complexity index is 1580. The molecule has 1 heterocycles. The van der Waals surface area contributed by atoms with Crippen LogP contribution in [0.3, 0.4) is 0 Å². The van der Waals surface area contributed by atoms with E-state index in [1.54, 1.807) is 18.2 Å². The fourth-order valence-electron chi connectivity index (χ4n) is 4.25. The van der Waals surface area contributed by atoms with Crippen molar-refractivity contribution in [1.29, 1.82) is 0 Å². The first-order valence-corrected chi connectivity index (χ1v) is 9.14. The average Bonchev–Trinajstić information content (AvgIpc) is 2.75. The fraction of sp³-hybridized carbons (Fsp3) is 0. The Hall–Kier alpha value is -3.85. The van der Waals surface area contributed by atoms with E-state index >= 15 is 0 Å². The topological polar surface area (TPSA) is 50.4 Å². The molecule has 0 amide bonds.